The number of carbonyl (C=O) groups is 1. The van der Waals surface area contributed by atoms with Crippen molar-refractivity contribution in [1.29, 1.82) is 0 Å². The predicted octanol–water partition coefficient (Wildman–Crippen LogP) is 5.44. The summed E-state index contributed by atoms with van der Waals surface area (Å²) in [5.41, 5.74) is 1.16. The monoisotopic (exact) mass is 436 g/mol. The number of thiazole rings is 1. The van der Waals surface area contributed by atoms with Crippen LogP contribution in [0.3, 0.4) is 0 Å². The first-order valence-corrected chi connectivity index (χ1v) is 10.5. The third-order valence-corrected chi connectivity index (χ3v) is 6.24. The van der Waals surface area contributed by atoms with Crippen LogP contribution in [-0.4, -0.2) is 37.3 Å². The van der Waals surface area contributed by atoms with Crippen molar-refractivity contribution in [1.82, 2.24) is 4.98 Å². The van der Waals surface area contributed by atoms with E-state index in [1.807, 2.05) is 18.2 Å². The summed E-state index contributed by atoms with van der Waals surface area (Å²) in [6.07, 6.45) is 1.87. The Morgan fingerprint density at radius 3 is 2.93 bits per heavy atom. The van der Waals surface area contributed by atoms with Gasteiger partial charge in [0.2, 0.25) is 0 Å². The van der Waals surface area contributed by atoms with Gasteiger partial charge in [-0.15, -0.1) is 0 Å². The van der Waals surface area contributed by atoms with E-state index < -0.39 is 0 Å². The zero-order valence-corrected chi connectivity index (χ0v) is 17.5. The highest BCUT2D eigenvalue weighted by Crippen LogP contribution is 2.34. The Bertz CT molecular complexity index is 1020. The number of benzene rings is 2. The number of nitrogens with zero attached hydrogens (tertiary/aromatic N) is 2. The number of hydrogen-bond donors (Lipinski definition) is 0. The second kappa shape index (κ2) is 8.25. The van der Waals surface area contributed by atoms with Gasteiger partial charge in [-0.1, -0.05) is 34.5 Å². The first kappa shape index (κ1) is 19.5. The van der Waals surface area contributed by atoms with Crippen LogP contribution in [-0.2, 0) is 4.74 Å². The quantitative estimate of drug-likeness (QED) is 0.534. The van der Waals surface area contributed by atoms with Crippen LogP contribution in [0.2, 0.25) is 10.0 Å². The van der Waals surface area contributed by atoms with Gasteiger partial charge in [0.15, 0.2) is 5.13 Å². The van der Waals surface area contributed by atoms with Gasteiger partial charge >= 0.3 is 0 Å². The second-order valence-electron chi connectivity index (χ2n) is 6.51. The lowest BCUT2D eigenvalue weighted by Crippen LogP contribution is -2.37. The standard InChI is InChI=1S/C20H18Cl2N2O3S/c1-26-13-5-7-17-18(10-13)28-20(23-17)24(11-14-3-2-8-27-14)19(25)15-9-12(21)4-6-16(15)22/h4-7,9-10,14H,2-3,8,11H2,1H3. The summed E-state index contributed by atoms with van der Waals surface area (Å²) in [6.45, 7) is 1.13. The molecule has 0 saturated carbocycles. The van der Waals surface area contributed by atoms with Crippen molar-refractivity contribution in [2.45, 2.75) is 18.9 Å². The van der Waals surface area contributed by atoms with Crippen molar-refractivity contribution in [3.05, 3.63) is 52.0 Å². The maximum atomic E-state index is 13.4. The molecule has 4 rings (SSSR count). The van der Waals surface area contributed by atoms with Gasteiger partial charge in [-0.05, 0) is 49.2 Å². The summed E-state index contributed by atoms with van der Waals surface area (Å²) in [6, 6.07) is 10.5. The minimum Gasteiger partial charge on any atom is -0.497 e. The molecule has 3 aromatic rings. The lowest BCUT2D eigenvalue weighted by Gasteiger charge is -2.23. The highest BCUT2D eigenvalue weighted by Gasteiger charge is 2.28. The molecule has 0 radical (unpaired) electrons. The molecule has 1 aliphatic rings. The largest absolute Gasteiger partial charge is 0.497 e. The number of hydrogen-bond acceptors (Lipinski definition) is 5. The average molecular weight is 437 g/mol. The highest BCUT2D eigenvalue weighted by molar-refractivity contribution is 7.22. The van der Waals surface area contributed by atoms with E-state index >= 15 is 0 Å². The van der Waals surface area contributed by atoms with Crippen LogP contribution in [0.4, 0.5) is 5.13 Å². The van der Waals surface area contributed by atoms with Crippen LogP contribution in [0.5, 0.6) is 5.75 Å². The first-order chi connectivity index (χ1) is 13.5. The number of anilines is 1. The number of methoxy groups -OCH3 is 1. The van der Waals surface area contributed by atoms with Gasteiger partial charge in [0.25, 0.3) is 5.91 Å². The summed E-state index contributed by atoms with van der Waals surface area (Å²) in [4.78, 5) is 19.7. The summed E-state index contributed by atoms with van der Waals surface area (Å²) in [5.74, 6) is 0.506. The normalized spacial score (nSPS) is 16.5. The molecule has 2 heterocycles. The minimum absolute atomic E-state index is 0.0246. The van der Waals surface area contributed by atoms with Gasteiger partial charge in [-0.2, -0.15) is 0 Å². The fourth-order valence-corrected chi connectivity index (χ4v) is 4.55. The maximum absolute atomic E-state index is 13.4. The smallest absolute Gasteiger partial charge is 0.261 e. The number of carbonyl (C=O) groups excluding carboxylic acids is 1. The Kier molecular flexibility index (Phi) is 5.73. The molecule has 8 heteroatoms. The Balaban J connectivity index is 1.74. The second-order valence-corrected chi connectivity index (χ2v) is 8.36. The first-order valence-electron chi connectivity index (χ1n) is 8.88. The Labute approximate surface area is 176 Å². The fourth-order valence-electron chi connectivity index (χ4n) is 3.18. The van der Waals surface area contributed by atoms with Gasteiger partial charge in [-0.25, -0.2) is 4.98 Å². The van der Waals surface area contributed by atoms with Crippen molar-refractivity contribution >= 4 is 55.8 Å². The molecular formula is C20H18Cl2N2O3S. The molecule has 1 saturated heterocycles. The van der Waals surface area contributed by atoms with Crippen LogP contribution in [0.1, 0.15) is 23.2 Å². The Hall–Kier alpha value is -1.86. The van der Waals surface area contributed by atoms with E-state index in [9.17, 15) is 4.79 Å². The fraction of sp³-hybridized carbons (Fsp3) is 0.300. The van der Waals surface area contributed by atoms with Crippen molar-refractivity contribution < 1.29 is 14.3 Å². The number of amides is 1. The lowest BCUT2D eigenvalue weighted by atomic mass is 10.1. The van der Waals surface area contributed by atoms with E-state index in [1.165, 1.54) is 11.3 Å². The van der Waals surface area contributed by atoms with Gasteiger partial charge < -0.3 is 9.47 Å². The van der Waals surface area contributed by atoms with Crippen LogP contribution < -0.4 is 9.64 Å². The molecule has 1 aromatic heterocycles. The molecule has 146 valence electrons. The van der Waals surface area contributed by atoms with Gasteiger partial charge in [-0.3, -0.25) is 9.69 Å². The number of aromatic nitrogens is 1. The summed E-state index contributed by atoms with van der Waals surface area (Å²) in [5, 5.41) is 1.41. The molecule has 0 bridgehead atoms. The predicted molar refractivity (Wildman–Crippen MR) is 113 cm³/mol. The maximum Gasteiger partial charge on any atom is 0.261 e. The molecule has 1 unspecified atom stereocenters. The summed E-state index contributed by atoms with van der Waals surface area (Å²) >= 11 is 13.8. The third kappa shape index (κ3) is 3.96. The number of ether oxygens (including phenoxy) is 2. The zero-order chi connectivity index (χ0) is 19.7. The van der Waals surface area contributed by atoms with Crippen LogP contribution in [0, 0.1) is 0 Å². The molecule has 0 spiro atoms. The van der Waals surface area contributed by atoms with Gasteiger partial charge in [0.1, 0.15) is 5.75 Å². The van der Waals surface area contributed by atoms with E-state index in [0.717, 1.165) is 28.8 Å². The molecular weight excluding hydrogens is 419 g/mol. The number of rotatable bonds is 5. The van der Waals surface area contributed by atoms with E-state index in [4.69, 9.17) is 32.7 Å². The topological polar surface area (TPSA) is 51.7 Å². The van der Waals surface area contributed by atoms with Crippen molar-refractivity contribution in [2.24, 2.45) is 0 Å². The molecule has 1 fully saturated rings. The average Bonchev–Trinajstić information content (AvgIpc) is 3.36. The Morgan fingerprint density at radius 1 is 1.32 bits per heavy atom. The number of fused-ring (bicyclic) bond motifs is 1. The van der Waals surface area contributed by atoms with Crippen LogP contribution >= 0.6 is 34.5 Å². The van der Waals surface area contributed by atoms with Crippen LogP contribution in [0.25, 0.3) is 10.2 Å². The lowest BCUT2D eigenvalue weighted by molar-refractivity contribution is 0.0917. The summed E-state index contributed by atoms with van der Waals surface area (Å²) < 4.78 is 12.0. The molecule has 5 nitrogen and oxygen atoms in total. The zero-order valence-electron chi connectivity index (χ0n) is 15.2. The molecule has 1 aliphatic heterocycles. The number of halogens is 2. The molecule has 0 aliphatic carbocycles. The van der Waals surface area contributed by atoms with Crippen LogP contribution in [0.15, 0.2) is 36.4 Å². The van der Waals surface area contributed by atoms with Gasteiger partial charge in [0.05, 0.1) is 40.6 Å². The van der Waals surface area contributed by atoms with E-state index in [2.05, 4.69) is 4.98 Å². The minimum atomic E-state index is -0.242. The molecule has 0 N–H and O–H groups in total. The van der Waals surface area contributed by atoms with Crippen molar-refractivity contribution in [3.63, 3.8) is 0 Å². The molecule has 1 amide bonds. The van der Waals surface area contributed by atoms with E-state index in [0.29, 0.717) is 33.9 Å². The van der Waals surface area contributed by atoms with E-state index in [-0.39, 0.29) is 12.0 Å². The van der Waals surface area contributed by atoms with E-state index in [1.54, 1.807) is 30.2 Å². The van der Waals surface area contributed by atoms with Crippen molar-refractivity contribution in [3.8, 4) is 5.75 Å². The third-order valence-electron chi connectivity index (χ3n) is 4.63. The van der Waals surface area contributed by atoms with Crippen molar-refractivity contribution in [2.75, 3.05) is 25.2 Å². The summed E-state index contributed by atoms with van der Waals surface area (Å²) in [7, 11) is 1.62. The molecule has 28 heavy (non-hydrogen) atoms. The molecule has 2 aromatic carbocycles. The highest BCUT2D eigenvalue weighted by atomic mass is 35.5. The molecule has 1 atom stereocenters. The van der Waals surface area contributed by atoms with Gasteiger partial charge in [0, 0.05) is 11.6 Å². The Morgan fingerprint density at radius 2 is 2.18 bits per heavy atom. The SMILES string of the molecule is COc1ccc2nc(N(CC3CCCO3)C(=O)c3cc(Cl)ccc3Cl)sc2c1.